The molecule has 6 nitrogen and oxygen atoms in total. The van der Waals surface area contributed by atoms with Crippen LogP contribution in [-0.4, -0.2) is 31.9 Å². The molecule has 0 spiro atoms. The van der Waals surface area contributed by atoms with Crippen molar-refractivity contribution in [3.63, 3.8) is 0 Å². The first-order chi connectivity index (χ1) is 9.76. The van der Waals surface area contributed by atoms with E-state index in [0.29, 0.717) is 6.54 Å². The van der Waals surface area contributed by atoms with E-state index in [0.717, 1.165) is 21.6 Å². The molecule has 3 rings (SSSR count). The summed E-state index contributed by atoms with van der Waals surface area (Å²) in [7, 11) is 1.63. The van der Waals surface area contributed by atoms with Gasteiger partial charge >= 0.3 is 0 Å². The molecule has 0 unspecified atom stereocenters. The van der Waals surface area contributed by atoms with E-state index in [2.05, 4.69) is 31.3 Å². The fourth-order valence-corrected chi connectivity index (χ4v) is 2.24. The second-order valence-corrected chi connectivity index (χ2v) is 5.09. The molecule has 0 bridgehead atoms. The molecular weight excluding hydrogens is 322 g/mol. The molecule has 0 saturated heterocycles. The number of halogens is 1. The molecule has 20 heavy (non-hydrogen) atoms. The van der Waals surface area contributed by atoms with Crippen molar-refractivity contribution in [2.45, 2.75) is 6.54 Å². The molecule has 3 aromatic rings. The molecule has 2 heterocycles. The maximum Gasteiger partial charge on any atom is 0.144 e. The van der Waals surface area contributed by atoms with Crippen LogP contribution in [-0.2, 0) is 6.54 Å². The second-order valence-electron chi connectivity index (χ2n) is 4.17. The second kappa shape index (κ2) is 5.46. The van der Waals surface area contributed by atoms with Crippen LogP contribution in [0.2, 0.25) is 0 Å². The monoisotopic (exact) mass is 333 g/mol. The number of aromatic nitrogens is 5. The summed E-state index contributed by atoms with van der Waals surface area (Å²) in [5, 5.41) is 12.4. The molecule has 0 radical (unpaired) electrons. The normalized spacial score (nSPS) is 10.7. The smallest absolute Gasteiger partial charge is 0.144 e. The topological polar surface area (TPSA) is 57.8 Å². The average Bonchev–Trinajstić information content (AvgIpc) is 3.11. The highest BCUT2D eigenvalue weighted by Crippen LogP contribution is 2.25. The number of rotatable bonds is 4. The van der Waals surface area contributed by atoms with Crippen molar-refractivity contribution in [3.8, 4) is 11.4 Å². The molecule has 7 heteroatoms. The minimum Gasteiger partial charge on any atom is -0.494 e. The summed E-state index contributed by atoms with van der Waals surface area (Å²) in [6.45, 7) is 0.587. The molecule has 0 N–H and O–H groups in total. The maximum atomic E-state index is 5.34. The van der Waals surface area contributed by atoms with Crippen LogP contribution in [0.5, 0.6) is 5.75 Å². The molecule has 0 aliphatic rings. The SMILES string of the molecule is COc1ccc(Br)cc1-n1cc(Cn2cccn2)nn1. The van der Waals surface area contributed by atoms with Crippen LogP contribution in [0.1, 0.15) is 5.69 Å². The van der Waals surface area contributed by atoms with Gasteiger partial charge in [0.25, 0.3) is 0 Å². The summed E-state index contributed by atoms with van der Waals surface area (Å²) >= 11 is 3.45. The number of nitrogens with zero attached hydrogens (tertiary/aromatic N) is 5. The van der Waals surface area contributed by atoms with E-state index in [4.69, 9.17) is 4.74 Å². The largest absolute Gasteiger partial charge is 0.494 e. The summed E-state index contributed by atoms with van der Waals surface area (Å²) < 4.78 is 9.79. The van der Waals surface area contributed by atoms with E-state index in [9.17, 15) is 0 Å². The first-order valence-corrected chi connectivity index (χ1v) is 6.78. The number of methoxy groups -OCH3 is 1. The van der Waals surface area contributed by atoms with Crippen molar-refractivity contribution < 1.29 is 4.74 Å². The Labute approximate surface area is 124 Å². The Hall–Kier alpha value is -2.15. The Morgan fingerprint density at radius 2 is 2.25 bits per heavy atom. The lowest BCUT2D eigenvalue weighted by Gasteiger charge is -2.07. The lowest BCUT2D eigenvalue weighted by Crippen LogP contribution is -2.00. The van der Waals surface area contributed by atoms with Gasteiger partial charge in [0.05, 0.1) is 19.9 Å². The van der Waals surface area contributed by atoms with Gasteiger partial charge in [0.15, 0.2) is 0 Å². The number of benzene rings is 1. The fraction of sp³-hybridized carbons (Fsp3) is 0.154. The average molecular weight is 334 g/mol. The van der Waals surface area contributed by atoms with Gasteiger partial charge in [-0.15, -0.1) is 5.10 Å². The minimum absolute atomic E-state index is 0.587. The molecular formula is C13H12BrN5O. The van der Waals surface area contributed by atoms with Crippen molar-refractivity contribution in [2.75, 3.05) is 7.11 Å². The first kappa shape index (κ1) is 12.9. The van der Waals surface area contributed by atoms with E-state index in [1.54, 1.807) is 22.7 Å². The lowest BCUT2D eigenvalue weighted by molar-refractivity contribution is 0.411. The van der Waals surface area contributed by atoms with Gasteiger partial charge in [0.1, 0.15) is 17.1 Å². The zero-order valence-electron chi connectivity index (χ0n) is 10.8. The standard InChI is InChI=1S/C13H12BrN5O/c1-20-13-4-3-10(14)7-12(13)19-9-11(16-17-19)8-18-6-2-5-15-18/h2-7,9H,8H2,1H3. The molecule has 0 saturated carbocycles. The summed E-state index contributed by atoms with van der Waals surface area (Å²) in [6, 6.07) is 7.62. The summed E-state index contributed by atoms with van der Waals surface area (Å²) in [5.41, 5.74) is 1.66. The van der Waals surface area contributed by atoms with Crippen LogP contribution < -0.4 is 4.74 Å². The van der Waals surface area contributed by atoms with Crippen molar-refractivity contribution in [3.05, 3.63) is 53.0 Å². The predicted octanol–water partition coefficient (Wildman–Crippen LogP) is 2.28. The summed E-state index contributed by atoms with van der Waals surface area (Å²) in [4.78, 5) is 0. The predicted molar refractivity (Wildman–Crippen MR) is 76.9 cm³/mol. The molecule has 2 aromatic heterocycles. The van der Waals surface area contributed by atoms with Gasteiger partial charge in [-0.3, -0.25) is 4.68 Å². The number of ether oxygens (including phenoxy) is 1. The summed E-state index contributed by atoms with van der Waals surface area (Å²) in [5.74, 6) is 0.740. The Balaban J connectivity index is 1.91. The zero-order chi connectivity index (χ0) is 13.9. The highest BCUT2D eigenvalue weighted by atomic mass is 79.9. The van der Waals surface area contributed by atoms with Crippen LogP contribution in [0.25, 0.3) is 5.69 Å². The van der Waals surface area contributed by atoms with E-state index >= 15 is 0 Å². The Kier molecular flexibility index (Phi) is 3.51. The van der Waals surface area contributed by atoms with E-state index in [1.807, 2.05) is 36.7 Å². The van der Waals surface area contributed by atoms with Crippen molar-refractivity contribution in [2.24, 2.45) is 0 Å². The Bertz CT molecular complexity index is 707. The van der Waals surface area contributed by atoms with Crippen LogP contribution in [0.4, 0.5) is 0 Å². The zero-order valence-corrected chi connectivity index (χ0v) is 12.4. The lowest BCUT2D eigenvalue weighted by atomic mass is 10.3. The third kappa shape index (κ3) is 2.57. The summed E-state index contributed by atoms with van der Waals surface area (Å²) in [6.07, 6.45) is 5.49. The third-order valence-corrected chi connectivity index (χ3v) is 3.30. The quantitative estimate of drug-likeness (QED) is 0.735. The van der Waals surface area contributed by atoms with Crippen LogP contribution in [0.3, 0.4) is 0 Å². The van der Waals surface area contributed by atoms with Crippen molar-refractivity contribution >= 4 is 15.9 Å². The molecule has 0 amide bonds. The Morgan fingerprint density at radius 3 is 3.00 bits per heavy atom. The molecule has 0 fully saturated rings. The van der Waals surface area contributed by atoms with Crippen molar-refractivity contribution in [1.29, 1.82) is 0 Å². The van der Waals surface area contributed by atoms with Crippen LogP contribution in [0, 0.1) is 0 Å². The van der Waals surface area contributed by atoms with Crippen LogP contribution in [0.15, 0.2) is 47.3 Å². The van der Waals surface area contributed by atoms with Crippen molar-refractivity contribution in [1.82, 2.24) is 24.8 Å². The van der Waals surface area contributed by atoms with Gasteiger partial charge in [-0.25, -0.2) is 4.68 Å². The van der Waals surface area contributed by atoms with Gasteiger partial charge < -0.3 is 4.74 Å². The van der Waals surface area contributed by atoms with E-state index in [-0.39, 0.29) is 0 Å². The van der Waals surface area contributed by atoms with Gasteiger partial charge in [0, 0.05) is 16.9 Å². The highest BCUT2D eigenvalue weighted by Gasteiger charge is 2.09. The molecule has 102 valence electrons. The first-order valence-electron chi connectivity index (χ1n) is 5.99. The fourth-order valence-electron chi connectivity index (χ4n) is 1.89. The van der Waals surface area contributed by atoms with Gasteiger partial charge in [-0.1, -0.05) is 21.1 Å². The molecule has 0 atom stereocenters. The number of hydrogen-bond acceptors (Lipinski definition) is 4. The van der Waals surface area contributed by atoms with Gasteiger partial charge in [-0.05, 0) is 24.3 Å². The molecule has 0 aliphatic heterocycles. The highest BCUT2D eigenvalue weighted by molar-refractivity contribution is 9.10. The van der Waals surface area contributed by atoms with E-state index in [1.165, 1.54) is 0 Å². The van der Waals surface area contributed by atoms with Gasteiger partial charge in [0.2, 0.25) is 0 Å². The Morgan fingerprint density at radius 1 is 1.35 bits per heavy atom. The minimum atomic E-state index is 0.587. The maximum absolute atomic E-state index is 5.34. The van der Waals surface area contributed by atoms with E-state index < -0.39 is 0 Å². The third-order valence-electron chi connectivity index (χ3n) is 2.81. The number of hydrogen-bond donors (Lipinski definition) is 0. The van der Waals surface area contributed by atoms with Crippen LogP contribution >= 0.6 is 15.9 Å². The molecule has 1 aromatic carbocycles. The van der Waals surface area contributed by atoms with Gasteiger partial charge in [-0.2, -0.15) is 5.10 Å². The molecule has 0 aliphatic carbocycles.